The summed E-state index contributed by atoms with van der Waals surface area (Å²) in [4.78, 5) is 59.0. The predicted molar refractivity (Wildman–Crippen MR) is 178 cm³/mol. The largest absolute Gasteiger partial charge is 0.493 e. The SMILES string of the molecule is COc1cc([C@H](C(=O)Nc2ccc(N(C)C)cc2)N(Cc2ccc(F)cc2)C(=O)CN2C(=O)C(=O)c3ccccc32)cc(OC)c1OC. The topological polar surface area (TPSA) is 118 Å². The lowest BCUT2D eigenvalue weighted by Gasteiger charge is -2.33. The van der Waals surface area contributed by atoms with E-state index in [-0.39, 0.29) is 35.0 Å². The summed E-state index contributed by atoms with van der Waals surface area (Å²) < 4.78 is 30.6. The van der Waals surface area contributed by atoms with E-state index in [0.29, 0.717) is 16.8 Å². The van der Waals surface area contributed by atoms with E-state index in [9.17, 15) is 23.6 Å². The number of nitrogens with zero attached hydrogens (tertiary/aromatic N) is 3. The van der Waals surface area contributed by atoms with Crippen molar-refractivity contribution in [2.24, 2.45) is 0 Å². The number of methoxy groups -OCH3 is 3. The first kappa shape index (κ1) is 33.5. The number of carbonyl (C=O) groups is 4. The van der Waals surface area contributed by atoms with Gasteiger partial charge in [-0.15, -0.1) is 0 Å². The number of para-hydroxylation sites is 1. The third-order valence-electron chi connectivity index (χ3n) is 7.97. The molecule has 1 aliphatic heterocycles. The van der Waals surface area contributed by atoms with Gasteiger partial charge in [-0.2, -0.15) is 0 Å². The summed E-state index contributed by atoms with van der Waals surface area (Å²) in [5.41, 5.74) is 2.65. The maximum absolute atomic E-state index is 14.4. The summed E-state index contributed by atoms with van der Waals surface area (Å²) >= 11 is 0. The van der Waals surface area contributed by atoms with E-state index in [2.05, 4.69) is 5.32 Å². The molecule has 48 heavy (non-hydrogen) atoms. The Balaban J connectivity index is 1.63. The zero-order valence-electron chi connectivity index (χ0n) is 27.2. The molecule has 0 saturated heterocycles. The number of ether oxygens (including phenoxy) is 3. The van der Waals surface area contributed by atoms with Crippen molar-refractivity contribution in [2.45, 2.75) is 12.6 Å². The van der Waals surface area contributed by atoms with Crippen molar-refractivity contribution in [1.29, 1.82) is 0 Å². The molecule has 1 aliphatic rings. The number of Topliss-reactive ketones (excluding diaryl/α,β-unsaturated/α-hetero) is 1. The van der Waals surface area contributed by atoms with Crippen LogP contribution < -0.4 is 29.3 Å². The Labute approximate surface area is 277 Å². The second-order valence-corrected chi connectivity index (χ2v) is 11.2. The van der Waals surface area contributed by atoms with Crippen molar-refractivity contribution >= 4 is 40.6 Å². The normalized spacial score (nSPS) is 12.7. The minimum absolute atomic E-state index is 0.162. The summed E-state index contributed by atoms with van der Waals surface area (Å²) in [5, 5.41) is 2.91. The zero-order valence-corrected chi connectivity index (χ0v) is 27.2. The molecule has 1 atom stereocenters. The molecule has 0 bridgehead atoms. The average Bonchev–Trinajstić information content (AvgIpc) is 3.33. The molecule has 0 radical (unpaired) electrons. The van der Waals surface area contributed by atoms with Crippen molar-refractivity contribution in [3.63, 3.8) is 0 Å². The second kappa shape index (κ2) is 14.2. The van der Waals surface area contributed by atoms with E-state index in [0.717, 1.165) is 10.6 Å². The van der Waals surface area contributed by atoms with Crippen LogP contribution in [0.4, 0.5) is 21.5 Å². The van der Waals surface area contributed by atoms with Gasteiger partial charge < -0.3 is 29.3 Å². The van der Waals surface area contributed by atoms with Crippen LogP contribution in [-0.4, -0.2) is 70.4 Å². The molecule has 1 heterocycles. The van der Waals surface area contributed by atoms with E-state index in [1.165, 1.54) is 56.6 Å². The van der Waals surface area contributed by atoms with Gasteiger partial charge in [0.05, 0.1) is 32.6 Å². The third kappa shape index (κ3) is 6.77. The number of amides is 3. The third-order valence-corrected chi connectivity index (χ3v) is 7.97. The van der Waals surface area contributed by atoms with Gasteiger partial charge in [-0.05, 0) is 71.8 Å². The van der Waals surface area contributed by atoms with Crippen molar-refractivity contribution in [1.82, 2.24) is 4.90 Å². The number of rotatable bonds is 12. The second-order valence-electron chi connectivity index (χ2n) is 11.2. The van der Waals surface area contributed by atoms with Crippen molar-refractivity contribution in [3.05, 3.63) is 107 Å². The van der Waals surface area contributed by atoms with Gasteiger partial charge in [-0.25, -0.2) is 4.39 Å². The minimum atomic E-state index is -1.34. The number of anilines is 3. The number of ketones is 1. The van der Waals surface area contributed by atoms with E-state index in [4.69, 9.17) is 14.2 Å². The van der Waals surface area contributed by atoms with Crippen LogP contribution in [0.3, 0.4) is 0 Å². The highest BCUT2D eigenvalue weighted by atomic mass is 19.1. The maximum Gasteiger partial charge on any atom is 0.299 e. The quantitative estimate of drug-likeness (QED) is 0.216. The van der Waals surface area contributed by atoms with Crippen LogP contribution >= 0.6 is 0 Å². The van der Waals surface area contributed by atoms with Crippen LogP contribution in [-0.2, 0) is 20.9 Å². The Morgan fingerprint density at radius 3 is 2.06 bits per heavy atom. The van der Waals surface area contributed by atoms with Crippen LogP contribution in [0.2, 0.25) is 0 Å². The van der Waals surface area contributed by atoms with Gasteiger partial charge >= 0.3 is 0 Å². The fraction of sp³-hybridized carbons (Fsp3) is 0.222. The minimum Gasteiger partial charge on any atom is -0.493 e. The first-order chi connectivity index (χ1) is 23.1. The van der Waals surface area contributed by atoms with Gasteiger partial charge in [-0.1, -0.05) is 24.3 Å². The molecule has 5 rings (SSSR count). The first-order valence-electron chi connectivity index (χ1n) is 14.9. The molecule has 0 aliphatic carbocycles. The molecule has 0 saturated carbocycles. The fourth-order valence-electron chi connectivity index (χ4n) is 5.53. The lowest BCUT2D eigenvalue weighted by atomic mass is 10.0. The molecule has 0 fully saturated rings. The van der Waals surface area contributed by atoms with Crippen LogP contribution in [0.1, 0.15) is 27.5 Å². The molecule has 3 amide bonds. The van der Waals surface area contributed by atoms with Crippen molar-refractivity contribution < 1.29 is 37.8 Å². The summed E-state index contributed by atoms with van der Waals surface area (Å²) in [5.74, 6) is -2.57. The molecular weight excluding hydrogens is 619 g/mol. The highest BCUT2D eigenvalue weighted by Gasteiger charge is 2.40. The summed E-state index contributed by atoms with van der Waals surface area (Å²) in [6.07, 6.45) is 0. The van der Waals surface area contributed by atoms with Crippen LogP contribution in [0.25, 0.3) is 0 Å². The van der Waals surface area contributed by atoms with Crippen LogP contribution in [0.5, 0.6) is 17.2 Å². The van der Waals surface area contributed by atoms with Gasteiger partial charge in [0, 0.05) is 32.0 Å². The molecule has 0 aromatic heterocycles. The van der Waals surface area contributed by atoms with E-state index >= 15 is 0 Å². The van der Waals surface area contributed by atoms with Crippen LogP contribution in [0.15, 0.2) is 84.9 Å². The van der Waals surface area contributed by atoms with Crippen molar-refractivity contribution in [3.8, 4) is 17.2 Å². The lowest BCUT2D eigenvalue weighted by molar-refractivity contribution is -0.139. The Morgan fingerprint density at radius 2 is 1.48 bits per heavy atom. The monoisotopic (exact) mass is 654 g/mol. The van der Waals surface area contributed by atoms with Gasteiger partial charge in [0.2, 0.25) is 11.7 Å². The van der Waals surface area contributed by atoms with Crippen molar-refractivity contribution in [2.75, 3.05) is 57.1 Å². The summed E-state index contributed by atoms with van der Waals surface area (Å²) in [6.45, 7) is -0.709. The molecule has 0 spiro atoms. The summed E-state index contributed by atoms with van der Waals surface area (Å²) in [6, 6.07) is 20.8. The molecular formula is C36H35FN4O7. The average molecular weight is 655 g/mol. The number of fused-ring (bicyclic) bond motifs is 1. The molecule has 11 nitrogen and oxygen atoms in total. The zero-order chi connectivity index (χ0) is 34.5. The lowest BCUT2D eigenvalue weighted by Crippen LogP contribution is -2.46. The molecule has 12 heteroatoms. The van der Waals surface area contributed by atoms with E-state index in [1.807, 2.05) is 31.1 Å². The van der Waals surface area contributed by atoms with Crippen LogP contribution in [0, 0.1) is 5.82 Å². The van der Waals surface area contributed by atoms with Gasteiger partial charge in [0.15, 0.2) is 11.5 Å². The molecule has 0 unspecified atom stereocenters. The number of nitrogens with one attached hydrogen (secondary N) is 1. The highest BCUT2D eigenvalue weighted by molar-refractivity contribution is 6.52. The van der Waals surface area contributed by atoms with Gasteiger partial charge in [0.1, 0.15) is 18.4 Å². The standard InChI is InChI=1S/C36H35FN4O7/c1-39(2)26-16-14-25(15-17-26)38-35(44)32(23-18-29(46-3)34(48-5)30(19-23)47-4)41(20-22-10-12-24(37)13-11-22)31(42)21-40-28-9-7-6-8-27(28)33(43)36(40)45/h6-19,32H,20-21H2,1-5H3,(H,38,44)/t32-/m1/s1. The highest BCUT2D eigenvalue weighted by Crippen LogP contribution is 2.41. The Morgan fingerprint density at radius 1 is 0.854 bits per heavy atom. The maximum atomic E-state index is 14.4. The Kier molecular flexibility index (Phi) is 9.93. The smallest absolute Gasteiger partial charge is 0.299 e. The number of halogens is 1. The molecule has 1 N–H and O–H groups in total. The van der Waals surface area contributed by atoms with Gasteiger partial charge in [-0.3, -0.25) is 24.1 Å². The van der Waals surface area contributed by atoms with E-state index < -0.39 is 41.9 Å². The molecule has 4 aromatic rings. The predicted octanol–water partition coefficient (Wildman–Crippen LogP) is 4.86. The number of hydrogen-bond donors (Lipinski definition) is 1. The fourth-order valence-corrected chi connectivity index (χ4v) is 5.53. The first-order valence-corrected chi connectivity index (χ1v) is 14.9. The molecule has 4 aromatic carbocycles. The summed E-state index contributed by atoms with van der Waals surface area (Å²) in [7, 11) is 8.08. The number of benzene rings is 4. The molecule has 248 valence electrons. The van der Waals surface area contributed by atoms with Gasteiger partial charge in [0.25, 0.3) is 17.6 Å². The Hall–Kier alpha value is -5.91. The Bertz CT molecular complexity index is 1820. The number of carbonyl (C=O) groups excluding carboxylic acids is 4. The number of hydrogen-bond acceptors (Lipinski definition) is 8. The van der Waals surface area contributed by atoms with E-state index in [1.54, 1.807) is 42.5 Å².